The van der Waals surface area contributed by atoms with E-state index in [0.29, 0.717) is 17.6 Å². The lowest BCUT2D eigenvalue weighted by atomic mass is 9.76. The van der Waals surface area contributed by atoms with Crippen molar-refractivity contribution in [2.24, 2.45) is 35.5 Å². The molecule has 1 fully saturated rings. The molecule has 0 radical (unpaired) electrons. The number of aliphatic hydroxyl groups is 3. The molecule has 1 aromatic rings. The van der Waals surface area contributed by atoms with E-state index in [-0.39, 0.29) is 35.9 Å². The monoisotopic (exact) mass is 726 g/mol. The zero-order valence-electron chi connectivity index (χ0n) is 32.8. The van der Waals surface area contributed by atoms with Gasteiger partial charge in [-0.05, 0) is 50.3 Å². The maximum Gasteiger partial charge on any atom is 0.373 e. The van der Waals surface area contributed by atoms with Gasteiger partial charge >= 0.3 is 11.9 Å². The Morgan fingerprint density at radius 3 is 2.27 bits per heavy atom. The molecule has 1 aromatic carbocycles. The van der Waals surface area contributed by atoms with Gasteiger partial charge in [-0.2, -0.15) is 0 Å². The standard InChI is InChI=1S/C42H62O10/c1-24(2)38-29(7)35(50-40(45)32-17-13-12-14-18-32)23-42(47,52-38)31(9)37(44)30(8)39-33(48-10)19-15-16-25(3)20-27(5)36(43)28(6)21-26(4)22-34(49-11)41(46)51-39/h12-19,21-22,24,27-31,33,35-39,43-44,47H,20,23H2,1-11H3/b19-15+,25-16+,26-21+,34-22-/t27-,28+,29-,30-,31-,33-,35+,36-,37+,38+,39+,42+/m0/s1. The van der Waals surface area contributed by atoms with Gasteiger partial charge < -0.3 is 39.0 Å². The highest BCUT2D eigenvalue weighted by Gasteiger charge is 2.53. The molecule has 0 unspecified atom stereocenters. The zero-order chi connectivity index (χ0) is 38.9. The van der Waals surface area contributed by atoms with Crippen LogP contribution >= 0.6 is 0 Å². The van der Waals surface area contributed by atoms with Crippen molar-refractivity contribution < 1.29 is 48.6 Å². The Balaban J connectivity index is 1.99. The molecule has 2 aliphatic rings. The van der Waals surface area contributed by atoms with E-state index in [0.717, 1.165) is 5.57 Å². The number of rotatable bonds is 9. The second-order valence-corrected chi connectivity index (χ2v) is 15.3. The maximum atomic E-state index is 13.7. The fourth-order valence-electron chi connectivity index (χ4n) is 7.45. The van der Waals surface area contributed by atoms with Gasteiger partial charge in [0.25, 0.3) is 0 Å². The lowest BCUT2D eigenvalue weighted by Crippen LogP contribution is -2.59. The summed E-state index contributed by atoms with van der Waals surface area (Å²) < 4.78 is 29.8. The smallest absolute Gasteiger partial charge is 0.373 e. The Bertz CT molecular complexity index is 1450. The van der Waals surface area contributed by atoms with Gasteiger partial charge in [0, 0.05) is 37.2 Å². The number of aliphatic hydroxyl groups excluding tert-OH is 2. The number of carbonyl (C=O) groups is 2. The average Bonchev–Trinajstić information content (AvgIpc) is 3.11. The van der Waals surface area contributed by atoms with Crippen molar-refractivity contribution in [3.05, 3.63) is 83.2 Å². The minimum absolute atomic E-state index is 0.0254. The van der Waals surface area contributed by atoms with Crippen molar-refractivity contribution in [1.29, 1.82) is 0 Å². The molecule has 52 heavy (non-hydrogen) atoms. The van der Waals surface area contributed by atoms with Crippen molar-refractivity contribution in [3.63, 3.8) is 0 Å². The molecule has 12 atom stereocenters. The van der Waals surface area contributed by atoms with E-state index >= 15 is 0 Å². The number of benzene rings is 1. The summed E-state index contributed by atoms with van der Waals surface area (Å²) in [5.74, 6) is -5.44. The lowest BCUT2D eigenvalue weighted by Gasteiger charge is -2.50. The van der Waals surface area contributed by atoms with Crippen LogP contribution in [0, 0.1) is 35.5 Å². The largest absolute Gasteiger partial charge is 0.490 e. The zero-order valence-corrected chi connectivity index (χ0v) is 32.8. The van der Waals surface area contributed by atoms with Gasteiger partial charge in [0.2, 0.25) is 5.76 Å². The molecule has 2 aliphatic heterocycles. The molecular weight excluding hydrogens is 664 g/mol. The van der Waals surface area contributed by atoms with Crippen LogP contribution in [0.2, 0.25) is 0 Å². The molecule has 290 valence electrons. The summed E-state index contributed by atoms with van der Waals surface area (Å²) in [6.45, 7) is 17.0. The Hall–Kier alpha value is -3.28. The van der Waals surface area contributed by atoms with Gasteiger partial charge in [-0.25, -0.2) is 9.59 Å². The summed E-state index contributed by atoms with van der Waals surface area (Å²) in [5, 5.41) is 35.2. The van der Waals surface area contributed by atoms with Gasteiger partial charge in [0.15, 0.2) is 5.79 Å². The van der Waals surface area contributed by atoms with E-state index in [1.807, 2.05) is 72.8 Å². The second kappa shape index (κ2) is 19.2. The molecule has 1 saturated heterocycles. The van der Waals surface area contributed by atoms with Gasteiger partial charge in [-0.1, -0.05) is 102 Å². The highest BCUT2D eigenvalue weighted by molar-refractivity contribution is 5.89. The molecule has 0 spiro atoms. The number of ether oxygens (including phenoxy) is 5. The minimum Gasteiger partial charge on any atom is -0.490 e. The molecule has 10 nitrogen and oxygen atoms in total. The Kier molecular flexibility index (Phi) is 15.9. The molecule has 0 saturated carbocycles. The number of allylic oxidation sites excluding steroid dienone is 5. The Morgan fingerprint density at radius 1 is 1.02 bits per heavy atom. The van der Waals surface area contributed by atoms with Crippen molar-refractivity contribution in [2.45, 2.75) is 118 Å². The first kappa shape index (κ1) is 43.1. The van der Waals surface area contributed by atoms with E-state index in [4.69, 9.17) is 23.7 Å². The topological polar surface area (TPSA) is 141 Å². The van der Waals surface area contributed by atoms with Gasteiger partial charge in [0.1, 0.15) is 18.3 Å². The summed E-state index contributed by atoms with van der Waals surface area (Å²) in [7, 11) is 2.87. The summed E-state index contributed by atoms with van der Waals surface area (Å²) in [6, 6.07) is 8.68. The maximum absolute atomic E-state index is 13.7. The highest BCUT2D eigenvalue weighted by Crippen LogP contribution is 2.43. The van der Waals surface area contributed by atoms with Crippen LogP contribution in [-0.4, -0.2) is 83.9 Å². The van der Waals surface area contributed by atoms with Crippen LogP contribution in [0.5, 0.6) is 0 Å². The molecule has 3 N–H and O–H groups in total. The second-order valence-electron chi connectivity index (χ2n) is 15.3. The average molecular weight is 727 g/mol. The predicted octanol–water partition coefficient (Wildman–Crippen LogP) is 6.56. The number of esters is 2. The van der Waals surface area contributed by atoms with Gasteiger partial charge in [-0.15, -0.1) is 0 Å². The molecule has 3 rings (SSSR count). The number of cyclic esters (lactones) is 1. The fraction of sp³-hybridized carbons (Fsp3) is 0.619. The third-order valence-corrected chi connectivity index (χ3v) is 10.7. The van der Waals surface area contributed by atoms with Crippen molar-refractivity contribution in [3.8, 4) is 0 Å². The number of hydrogen-bond acceptors (Lipinski definition) is 10. The lowest BCUT2D eigenvalue weighted by molar-refractivity contribution is -0.328. The van der Waals surface area contributed by atoms with Crippen LogP contribution < -0.4 is 0 Å². The highest BCUT2D eigenvalue weighted by atomic mass is 16.6. The first-order chi connectivity index (χ1) is 24.4. The van der Waals surface area contributed by atoms with Crippen LogP contribution in [0.3, 0.4) is 0 Å². The molecule has 0 amide bonds. The molecule has 10 heteroatoms. The van der Waals surface area contributed by atoms with Gasteiger partial charge in [-0.3, -0.25) is 0 Å². The van der Waals surface area contributed by atoms with Gasteiger partial charge in [0.05, 0.1) is 31.0 Å². The summed E-state index contributed by atoms with van der Waals surface area (Å²) >= 11 is 0. The molecule has 2 heterocycles. The van der Waals surface area contributed by atoms with E-state index in [2.05, 4.69) is 0 Å². The number of methoxy groups -OCH3 is 2. The van der Waals surface area contributed by atoms with Crippen LogP contribution in [0.25, 0.3) is 0 Å². The van der Waals surface area contributed by atoms with Crippen molar-refractivity contribution >= 4 is 11.9 Å². The van der Waals surface area contributed by atoms with Crippen LogP contribution in [0.1, 0.15) is 85.5 Å². The molecule has 0 aliphatic carbocycles. The van der Waals surface area contributed by atoms with Crippen molar-refractivity contribution in [2.75, 3.05) is 14.2 Å². The Morgan fingerprint density at radius 2 is 1.67 bits per heavy atom. The Labute approximate surface area is 310 Å². The van der Waals surface area contributed by atoms with E-state index in [1.165, 1.54) is 14.2 Å². The predicted molar refractivity (Wildman–Crippen MR) is 200 cm³/mol. The van der Waals surface area contributed by atoms with E-state index < -0.39 is 66.2 Å². The third-order valence-electron chi connectivity index (χ3n) is 10.7. The normalized spacial score (nSPS) is 36.4. The summed E-state index contributed by atoms with van der Waals surface area (Å²) in [6.07, 6.45) is 4.65. The molecular formula is C42H62O10. The fourth-order valence-corrected chi connectivity index (χ4v) is 7.45. The van der Waals surface area contributed by atoms with E-state index in [9.17, 15) is 24.9 Å². The first-order valence-corrected chi connectivity index (χ1v) is 18.5. The number of carbonyl (C=O) groups excluding carboxylic acids is 2. The van der Waals surface area contributed by atoms with E-state index in [1.54, 1.807) is 50.3 Å². The van der Waals surface area contributed by atoms with Crippen LogP contribution in [0.15, 0.2) is 77.6 Å². The van der Waals surface area contributed by atoms with Crippen LogP contribution in [0.4, 0.5) is 0 Å². The summed E-state index contributed by atoms with van der Waals surface area (Å²) in [4.78, 5) is 26.8. The molecule has 0 aromatic heterocycles. The SMILES string of the molecule is CO/C1=C\C(C)=C\[C@@H](C)[C@@H](O)[C@@H](C)C/C(C)=C/C=C/[C@H](OC)[C@@H]([C@@H](C)[C@@H](O)[C@H](C)[C@@]2(O)C[C@@H](OC(=O)c3ccccc3)[C@H](C)[C@@H](C(C)C)O2)OC1=O. The first-order valence-electron chi connectivity index (χ1n) is 18.5. The number of hydrogen-bond donors (Lipinski definition) is 3. The van der Waals surface area contributed by atoms with Crippen molar-refractivity contribution in [1.82, 2.24) is 0 Å². The third kappa shape index (κ3) is 10.9. The quantitative estimate of drug-likeness (QED) is 0.240. The summed E-state index contributed by atoms with van der Waals surface area (Å²) in [5.41, 5.74) is 2.15. The minimum atomic E-state index is -1.89. The van der Waals surface area contributed by atoms with Crippen LogP contribution in [-0.2, 0) is 28.5 Å². The molecule has 0 bridgehead atoms.